The molecule has 46 heavy (non-hydrogen) atoms. The fourth-order valence-electron chi connectivity index (χ4n) is 6.57. The van der Waals surface area contributed by atoms with E-state index in [1.807, 2.05) is 54.6 Å². The Kier molecular flexibility index (Phi) is 15.7. The summed E-state index contributed by atoms with van der Waals surface area (Å²) in [5.41, 5.74) is 1.92. The van der Waals surface area contributed by atoms with Crippen LogP contribution in [0.3, 0.4) is 0 Å². The summed E-state index contributed by atoms with van der Waals surface area (Å²) in [4.78, 5) is 0. The molecule has 1 heterocycles. The number of hydrogen-bond donors (Lipinski definition) is 2. The molecule has 1 aliphatic heterocycles. The van der Waals surface area contributed by atoms with E-state index in [1.54, 1.807) is 0 Å². The van der Waals surface area contributed by atoms with E-state index in [-0.39, 0.29) is 6.61 Å². The Bertz CT molecular complexity index is 1090. The minimum absolute atomic E-state index is 0.0465. The van der Waals surface area contributed by atoms with Gasteiger partial charge >= 0.3 is 0 Å². The van der Waals surface area contributed by atoms with Crippen molar-refractivity contribution in [1.82, 2.24) is 0 Å². The van der Waals surface area contributed by atoms with E-state index < -0.39 is 36.3 Å². The first-order chi connectivity index (χ1) is 22.6. The van der Waals surface area contributed by atoms with Crippen LogP contribution in [0.15, 0.2) is 91.0 Å². The standard InChI is InChI=1S/C40H56O6/c1-3-4-5-6-7-8-9-10-11-12-13-23-30-44-38-36(41)35(46-39(43-2)37(38)42)31-45-40(32-24-17-14-18-25-32,33-26-19-15-20-27-33)34-28-21-16-22-29-34/h14-22,24-29,35-39,41-42H,3-13,23,30-31H2,1-2H3/t35-,36+,37-,38+,39-/m1/s1. The van der Waals surface area contributed by atoms with Gasteiger partial charge in [0.05, 0.1) is 6.61 Å². The van der Waals surface area contributed by atoms with Crippen molar-refractivity contribution in [2.75, 3.05) is 20.3 Å². The van der Waals surface area contributed by atoms with E-state index in [2.05, 4.69) is 43.3 Å². The van der Waals surface area contributed by atoms with Crippen LogP contribution in [-0.4, -0.2) is 61.2 Å². The minimum atomic E-state index is -1.12. The second kappa shape index (κ2) is 19.9. The van der Waals surface area contributed by atoms with Crippen molar-refractivity contribution >= 4 is 0 Å². The summed E-state index contributed by atoms with van der Waals surface area (Å²) in [6.45, 7) is 2.77. The molecule has 0 saturated carbocycles. The van der Waals surface area contributed by atoms with E-state index in [0.29, 0.717) is 6.61 Å². The minimum Gasteiger partial charge on any atom is -0.387 e. The van der Waals surface area contributed by atoms with Gasteiger partial charge in [-0.05, 0) is 23.1 Å². The molecule has 6 nitrogen and oxygen atoms in total. The molecule has 0 aromatic heterocycles. The van der Waals surface area contributed by atoms with Crippen LogP contribution in [0.4, 0.5) is 0 Å². The number of hydrogen-bond acceptors (Lipinski definition) is 6. The summed E-state index contributed by atoms with van der Waals surface area (Å²) >= 11 is 0. The van der Waals surface area contributed by atoms with Crippen LogP contribution in [0, 0.1) is 0 Å². The number of unbranched alkanes of at least 4 members (excludes halogenated alkanes) is 11. The van der Waals surface area contributed by atoms with Crippen molar-refractivity contribution in [3.63, 3.8) is 0 Å². The van der Waals surface area contributed by atoms with Gasteiger partial charge in [-0.25, -0.2) is 0 Å². The highest BCUT2D eigenvalue weighted by Gasteiger charge is 2.47. The Balaban J connectivity index is 1.36. The quantitative estimate of drug-likeness (QED) is 0.0911. The predicted molar refractivity (Wildman–Crippen MR) is 184 cm³/mol. The van der Waals surface area contributed by atoms with Gasteiger partial charge in [0, 0.05) is 13.7 Å². The Labute approximate surface area is 277 Å². The highest BCUT2D eigenvalue weighted by Crippen LogP contribution is 2.41. The summed E-state index contributed by atoms with van der Waals surface area (Å²) in [7, 11) is 1.49. The number of ether oxygens (including phenoxy) is 4. The van der Waals surface area contributed by atoms with Gasteiger partial charge in [-0.3, -0.25) is 0 Å². The Morgan fingerprint density at radius 3 is 1.48 bits per heavy atom. The normalized spacial score (nSPS) is 21.8. The third kappa shape index (κ3) is 9.96. The largest absolute Gasteiger partial charge is 0.387 e. The molecule has 4 rings (SSSR count). The zero-order chi connectivity index (χ0) is 32.5. The molecule has 0 radical (unpaired) electrons. The van der Waals surface area contributed by atoms with Gasteiger partial charge in [0.1, 0.15) is 30.0 Å². The van der Waals surface area contributed by atoms with Crippen LogP contribution < -0.4 is 0 Å². The molecule has 1 aliphatic rings. The predicted octanol–water partition coefficient (Wildman–Crippen LogP) is 8.17. The summed E-state index contributed by atoms with van der Waals surface area (Å²) in [5, 5.41) is 22.5. The molecule has 0 spiro atoms. The van der Waals surface area contributed by atoms with E-state index in [9.17, 15) is 10.2 Å². The van der Waals surface area contributed by atoms with E-state index >= 15 is 0 Å². The maximum absolute atomic E-state index is 11.5. The summed E-state index contributed by atoms with van der Waals surface area (Å²) in [6.07, 6.45) is 10.3. The maximum atomic E-state index is 11.5. The van der Waals surface area contributed by atoms with E-state index in [1.165, 1.54) is 71.3 Å². The Hall–Kier alpha value is -2.58. The molecular weight excluding hydrogens is 576 g/mol. The number of benzene rings is 3. The van der Waals surface area contributed by atoms with Crippen molar-refractivity contribution in [1.29, 1.82) is 0 Å². The van der Waals surface area contributed by atoms with Gasteiger partial charge in [0.2, 0.25) is 0 Å². The molecule has 0 aliphatic carbocycles. The van der Waals surface area contributed by atoms with Crippen molar-refractivity contribution in [2.24, 2.45) is 0 Å². The van der Waals surface area contributed by atoms with Crippen molar-refractivity contribution in [3.8, 4) is 0 Å². The van der Waals surface area contributed by atoms with Gasteiger partial charge in [-0.15, -0.1) is 0 Å². The Morgan fingerprint density at radius 1 is 0.609 bits per heavy atom. The fraction of sp³-hybridized carbons (Fsp3) is 0.550. The molecule has 0 unspecified atom stereocenters. The van der Waals surface area contributed by atoms with Crippen LogP contribution in [0.5, 0.6) is 0 Å². The highest BCUT2D eigenvalue weighted by molar-refractivity contribution is 5.47. The smallest absolute Gasteiger partial charge is 0.186 e. The van der Waals surface area contributed by atoms with Gasteiger partial charge in [0.25, 0.3) is 0 Å². The first-order valence-electron chi connectivity index (χ1n) is 17.6. The average Bonchev–Trinajstić information content (AvgIpc) is 3.10. The number of methoxy groups -OCH3 is 1. The Morgan fingerprint density at radius 2 is 1.04 bits per heavy atom. The van der Waals surface area contributed by atoms with Crippen LogP contribution >= 0.6 is 0 Å². The zero-order valence-corrected chi connectivity index (χ0v) is 28.0. The molecule has 3 aromatic carbocycles. The zero-order valence-electron chi connectivity index (χ0n) is 28.0. The van der Waals surface area contributed by atoms with Crippen molar-refractivity contribution in [3.05, 3.63) is 108 Å². The monoisotopic (exact) mass is 632 g/mol. The highest BCUT2D eigenvalue weighted by atomic mass is 16.7. The molecule has 5 atom stereocenters. The second-order valence-electron chi connectivity index (χ2n) is 12.6. The van der Waals surface area contributed by atoms with Crippen LogP contribution in [0.25, 0.3) is 0 Å². The van der Waals surface area contributed by atoms with Crippen LogP contribution in [0.1, 0.15) is 101 Å². The summed E-state index contributed by atoms with van der Waals surface area (Å²) in [6, 6.07) is 30.3. The fourth-order valence-corrected chi connectivity index (χ4v) is 6.57. The lowest BCUT2D eigenvalue weighted by atomic mass is 9.80. The van der Waals surface area contributed by atoms with Crippen molar-refractivity contribution < 1.29 is 29.2 Å². The molecule has 1 fully saturated rings. The third-order valence-corrected chi connectivity index (χ3v) is 9.19. The van der Waals surface area contributed by atoms with Gasteiger partial charge in [-0.2, -0.15) is 0 Å². The first kappa shape index (κ1) is 36.3. The number of aliphatic hydroxyl groups is 2. The number of rotatable bonds is 21. The molecule has 6 heteroatoms. The van der Waals surface area contributed by atoms with Gasteiger partial charge < -0.3 is 29.2 Å². The summed E-state index contributed by atoms with van der Waals surface area (Å²) < 4.78 is 24.6. The lowest BCUT2D eigenvalue weighted by Crippen LogP contribution is -2.60. The first-order valence-corrected chi connectivity index (χ1v) is 17.6. The molecule has 0 bridgehead atoms. The van der Waals surface area contributed by atoms with Gasteiger partial charge in [-0.1, -0.05) is 169 Å². The third-order valence-electron chi connectivity index (χ3n) is 9.19. The number of aliphatic hydroxyl groups excluding tert-OH is 2. The molecular formula is C40H56O6. The molecule has 252 valence electrons. The van der Waals surface area contributed by atoms with Crippen LogP contribution in [-0.2, 0) is 24.5 Å². The molecule has 3 aromatic rings. The average molecular weight is 633 g/mol. The topological polar surface area (TPSA) is 77.4 Å². The van der Waals surface area contributed by atoms with E-state index in [4.69, 9.17) is 18.9 Å². The van der Waals surface area contributed by atoms with Crippen molar-refractivity contribution in [2.45, 2.75) is 120 Å². The summed E-state index contributed by atoms with van der Waals surface area (Å²) in [5.74, 6) is 0. The molecule has 1 saturated heterocycles. The molecule has 0 amide bonds. The van der Waals surface area contributed by atoms with Crippen LogP contribution in [0.2, 0.25) is 0 Å². The molecule has 2 N–H and O–H groups in total. The van der Waals surface area contributed by atoms with Gasteiger partial charge in [0.15, 0.2) is 6.29 Å². The second-order valence-corrected chi connectivity index (χ2v) is 12.6. The lowest BCUT2D eigenvalue weighted by Gasteiger charge is -2.43. The maximum Gasteiger partial charge on any atom is 0.186 e. The lowest BCUT2D eigenvalue weighted by molar-refractivity contribution is -0.306. The van der Waals surface area contributed by atoms with E-state index in [0.717, 1.165) is 29.5 Å². The SMILES string of the molecule is CCCCCCCCCCCCCCO[C@H]1[C@@H](O)[C@@H](COC(c2ccccc2)(c2ccccc2)c2ccccc2)O[C@@H](OC)[C@@H]1O.